The molecular weight excluding hydrogens is 474 g/mol. The summed E-state index contributed by atoms with van der Waals surface area (Å²) in [4.78, 5) is 0. The Balaban J connectivity index is 0.00000103. The molecule has 0 aromatic rings. The van der Waals surface area contributed by atoms with Crippen LogP contribution in [0.25, 0.3) is 0 Å². The molecule has 0 aromatic carbocycles. The number of halogens is 2. The van der Waals surface area contributed by atoms with E-state index in [-0.39, 0.29) is 14.9 Å². The summed E-state index contributed by atoms with van der Waals surface area (Å²) < 4.78 is 0. The second kappa shape index (κ2) is 17.0. The van der Waals surface area contributed by atoms with E-state index in [1.54, 1.807) is 6.92 Å². The molecule has 0 spiro atoms. The van der Waals surface area contributed by atoms with Gasteiger partial charge >= 0.3 is 37.9 Å². The van der Waals surface area contributed by atoms with Gasteiger partial charge in [0.1, 0.15) is 0 Å². The van der Waals surface area contributed by atoms with E-state index < -0.39 is 20.8 Å². The van der Waals surface area contributed by atoms with Crippen LogP contribution in [0, 0.1) is 49.9 Å². The number of fused-ring (bicyclic) bond motifs is 2. The van der Waals surface area contributed by atoms with Gasteiger partial charge < -0.3 is 14.4 Å². The molecule has 164 valence electrons. The zero-order chi connectivity index (χ0) is 19.5. The fraction of sp³-hybridized carbons (Fsp3) is 0.615. The van der Waals surface area contributed by atoms with Gasteiger partial charge in [-0.2, -0.15) is 6.92 Å². The summed E-state index contributed by atoms with van der Waals surface area (Å²) in [6.07, 6.45) is 30.6. The van der Waals surface area contributed by atoms with E-state index in [1.165, 1.54) is 51.4 Å². The van der Waals surface area contributed by atoms with E-state index >= 15 is 0 Å². The van der Waals surface area contributed by atoms with Gasteiger partial charge in [0.05, 0.1) is 0 Å². The quantitative estimate of drug-likeness (QED) is 0.252. The van der Waals surface area contributed by atoms with Crippen LogP contribution in [-0.2, 0) is 20.8 Å². The first-order chi connectivity index (χ1) is 13.3. The summed E-state index contributed by atoms with van der Waals surface area (Å²) in [5.41, 5.74) is 0. The maximum absolute atomic E-state index is 4.93. The summed E-state index contributed by atoms with van der Waals surface area (Å²) in [6.45, 7) is 5.00. The summed E-state index contributed by atoms with van der Waals surface area (Å²) in [5, 5.41) is 0. The van der Waals surface area contributed by atoms with Crippen molar-refractivity contribution in [1.29, 1.82) is 0 Å². The molecule has 0 amide bonds. The summed E-state index contributed by atoms with van der Waals surface area (Å²) in [6, 6.07) is 0. The van der Waals surface area contributed by atoms with E-state index in [1.807, 2.05) is 0 Å². The molecule has 2 saturated carbocycles. The van der Waals surface area contributed by atoms with Crippen LogP contribution >= 0.6 is 17.0 Å². The van der Waals surface area contributed by atoms with Crippen molar-refractivity contribution in [2.45, 2.75) is 65.7 Å². The zero-order valence-electron chi connectivity index (χ0n) is 17.7. The molecule has 0 aliphatic heterocycles. The molecule has 0 heterocycles. The molecule has 4 aliphatic carbocycles. The number of hydrogen-bond acceptors (Lipinski definition) is 0. The minimum atomic E-state index is -0.826. The first-order valence-corrected chi connectivity index (χ1v) is 17.0. The Bertz CT molecular complexity index is 477. The Kier molecular flexibility index (Phi) is 17.3. The van der Waals surface area contributed by atoms with Crippen molar-refractivity contribution in [3.8, 4) is 0 Å². The molecule has 3 heteroatoms. The van der Waals surface area contributed by atoms with E-state index in [2.05, 4.69) is 55.5 Å². The molecular formula is C26H42Cl2Zr. The molecule has 6 atom stereocenters. The van der Waals surface area contributed by atoms with Crippen molar-refractivity contribution in [1.82, 2.24) is 0 Å². The van der Waals surface area contributed by atoms with Crippen LogP contribution < -0.4 is 0 Å². The Morgan fingerprint density at radius 1 is 0.724 bits per heavy atom. The van der Waals surface area contributed by atoms with Gasteiger partial charge in [-0.05, 0) is 74.0 Å². The van der Waals surface area contributed by atoms with E-state index in [9.17, 15) is 0 Å². The van der Waals surface area contributed by atoms with Crippen molar-refractivity contribution < 1.29 is 20.8 Å². The Labute approximate surface area is 201 Å². The number of hydrogen-bond donors (Lipinski definition) is 0. The fourth-order valence-electron chi connectivity index (χ4n) is 5.62. The van der Waals surface area contributed by atoms with Crippen LogP contribution in [0.4, 0.5) is 0 Å². The summed E-state index contributed by atoms with van der Waals surface area (Å²) in [5.74, 6) is 5.41. The van der Waals surface area contributed by atoms with E-state index in [0.29, 0.717) is 0 Å². The molecule has 4 aliphatic rings. The summed E-state index contributed by atoms with van der Waals surface area (Å²) >= 11 is -0.826. The third-order valence-corrected chi connectivity index (χ3v) is 6.82. The SMILES string of the molecule is C.C1=CC2CCC(CCCCC3CCC4C=CC=CC43)C2C=C1.[CH2-]C.[CH3-].[Cl][Zr+2][Cl]. The van der Waals surface area contributed by atoms with Gasteiger partial charge in [-0.25, -0.2) is 0 Å². The fourth-order valence-corrected chi connectivity index (χ4v) is 5.62. The standard InChI is InChI=1S/C22H30.C2H5.CH4.CH3.2ClH.Zr/c1(7-17-13-15-19-9-3-5-11-21(17)19)2-8-18-14-16-20-10-4-6-12-22(18)20;1-2;;;;;/h3-6,9-12,17-22H,1-2,7-8,13-16H2;1H2,2H3;1H4;1H3;2*1H;/q;-1;;-1;;;+4/p-2. The molecule has 0 radical (unpaired) electrons. The van der Waals surface area contributed by atoms with Crippen LogP contribution in [0.15, 0.2) is 48.6 Å². The molecule has 0 bridgehead atoms. The van der Waals surface area contributed by atoms with Gasteiger partial charge in [0.2, 0.25) is 0 Å². The van der Waals surface area contributed by atoms with Crippen LogP contribution in [0.1, 0.15) is 65.7 Å². The number of unbranched alkanes of at least 4 members (excludes halogenated alkanes) is 1. The average Bonchev–Trinajstić information content (AvgIpc) is 3.32. The molecule has 0 N–H and O–H groups in total. The Morgan fingerprint density at radius 3 is 1.45 bits per heavy atom. The first-order valence-electron chi connectivity index (χ1n) is 10.7. The number of allylic oxidation sites excluding steroid dienone is 8. The topological polar surface area (TPSA) is 0 Å². The summed E-state index contributed by atoms with van der Waals surface area (Å²) in [7, 11) is 9.87. The third kappa shape index (κ3) is 8.82. The van der Waals surface area contributed by atoms with E-state index in [0.717, 1.165) is 35.5 Å². The second-order valence-corrected chi connectivity index (χ2v) is 11.8. The van der Waals surface area contributed by atoms with Crippen LogP contribution in [0.3, 0.4) is 0 Å². The molecule has 0 nitrogen and oxygen atoms in total. The van der Waals surface area contributed by atoms with Crippen molar-refractivity contribution >= 4 is 17.0 Å². The normalized spacial score (nSPS) is 32.3. The monoisotopic (exact) mass is 514 g/mol. The average molecular weight is 517 g/mol. The molecule has 6 unspecified atom stereocenters. The number of rotatable bonds is 5. The van der Waals surface area contributed by atoms with Crippen molar-refractivity contribution in [3.63, 3.8) is 0 Å². The molecule has 2 fully saturated rings. The minimum absolute atomic E-state index is 0. The van der Waals surface area contributed by atoms with Gasteiger partial charge in [0, 0.05) is 0 Å². The van der Waals surface area contributed by atoms with Gasteiger partial charge in [-0.1, -0.05) is 68.9 Å². The van der Waals surface area contributed by atoms with Crippen LogP contribution in [-0.4, -0.2) is 0 Å². The molecule has 0 saturated heterocycles. The zero-order valence-corrected chi connectivity index (χ0v) is 21.7. The molecule has 4 rings (SSSR count). The predicted octanol–water partition coefficient (Wildman–Crippen LogP) is 9.39. The molecule has 29 heavy (non-hydrogen) atoms. The second-order valence-electron chi connectivity index (χ2n) is 8.05. The van der Waals surface area contributed by atoms with E-state index in [4.69, 9.17) is 17.0 Å². The van der Waals surface area contributed by atoms with Crippen molar-refractivity contribution in [2.75, 3.05) is 0 Å². The van der Waals surface area contributed by atoms with Crippen molar-refractivity contribution in [2.24, 2.45) is 35.5 Å². The molecule has 0 aromatic heterocycles. The predicted molar refractivity (Wildman–Crippen MR) is 130 cm³/mol. The Hall–Kier alpha value is 0.423. The van der Waals surface area contributed by atoms with Crippen LogP contribution in [0.2, 0.25) is 0 Å². The van der Waals surface area contributed by atoms with Crippen molar-refractivity contribution in [3.05, 3.63) is 63.0 Å². The first kappa shape index (κ1) is 29.4. The van der Waals surface area contributed by atoms with Gasteiger partial charge in [0.25, 0.3) is 0 Å². The van der Waals surface area contributed by atoms with Crippen LogP contribution in [0.5, 0.6) is 0 Å². The third-order valence-electron chi connectivity index (χ3n) is 6.82. The Morgan fingerprint density at radius 2 is 1.07 bits per heavy atom. The van der Waals surface area contributed by atoms with Gasteiger partial charge in [-0.3, -0.25) is 0 Å². The maximum atomic E-state index is 4.93. The van der Waals surface area contributed by atoms with Gasteiger partial charge in [-0.15, -0.1) is 0 Å². The van der Waals surface area contributed by atoms with Gasteiger partial charge in [0.15, 0.2) is 0 Å².